The smallest absolute Gasteiger partial charge is 0.0296 e. The third kappa shape index (κ3) is 2.34. The fourth-order valence-electron chi connectivity index (χ4n) is 0.942. The molecule has 0 fully saturated rings. The highest BCUT2D eigenvalue weighted by atomic mass is 14.7. The van der Waals surface area contributed by atoms with Gasteiger partial charge in [0.05, 0.1) is 0 Å². The maximum Gasteiger partial charge on any atom is 0.0296 e. The molecule has 0 radical (unpaired) electrons. The van der Waals surface area contributed by atoms with Crippen LogP contribution in [0.25, 0.3) is 0 Å². The van der Waals surface area contributed by atoms with E-state index in [0.29, 0.717) is 0 Å². The van der Waals surface area contributed by atoms with Crippen LogP contribution in [0.3, 0.4) is 0 Å². The van der Waals surface area contributed by atoms with E-state index < -0.39 is 0 Å². The minimum atomic E-state index is 0.118. The number of aliphatic imine (C=N–C) groups is 1. The molecule has 0 bridgehead atoms. The van der Waals surface area contributed by atoms with Gasteiger partial charge in [-0.25, -0.2) is 0 Å². The zero-order valence-electron chi connectivity index (χ0n) is 7.46. The van der Waals surface area contributed by atoms with Crippen molar-refractivity contribution in [1.29, 1.82) is 0 Å². The van der Waals surface area contributed by atoms with E-state index in [4.69, 9.17) is 0 Å². The molecule has 0 saturated heterocycles. The zero-order chi connectivity index (χ0) is 8.32. The van der Waals surface area contributed by atoms with E-state index >= 15 is 0 Å². The molecule has 1 aliphatic rings. The molecule has 0 aromatic rings. The first-order valence-electron chi connectivity index (χ1n) is 4.07. The lowest BCUT2D eigenvalue weighted by Gasteiger charge is -2.10. The van der Waals surface area contributed by atoms with Crippen LogP contribution in [0.4, 0.5) is 0 Å². The van der Waals surface area contributed by atoms with Gasteiger partial charge in [0.2, 0.25) is 0 Å². The molecular formula is C10H15N. The minimum absolute atomic E-state index is 0.118. The van der Waals surface area contributed by atoms with Crippen LogP contribution < -0.4 is 0 Å². The Kier molecular flexibility index (Phi) is 2.28. The van der Waals surface area contributed by atoms with Crippen molar-refractivity contribution in [3.63, 3.8) is 0 Å². The van der Waals surface area contributed by atoms with Gasteiger partial charge in [0.1, 0.15) is 0 Å². The van der Waals surface area contributed by atoms with E-state index in [1.165, 1.54) is 5.57 Å². The number of rotatable bonds is 1. The predicted octanol–water partition coefficient (Wildman–Crippen LogP) is 2.95. The lowest BCUT2D eigenvalue weighted by atomic mass is 9.94. The molecule has 0 saturated carbocycles. The Labute approximate surface area is 68.5 Å². The largest absolute Gasteiger partial charge is 0.268 e. The maximum absolute atomic E-state index is 4.23. The van der Waals surface area contributed by atoms with Gasteiger partial charge in [-0.3, -0.25) is 4.99 Å². The number of nitrogens with zero attached hydrogens (tertiary/aromatic N) is 1. The van der Waals surface area contributed by atoms with Crippen LogP contribution in [0.5, 0.6) is 0 Å². The number of allylic oxidation sites excluding steroid dienone is 3. The van der Waals surface area contributed by atoms with Crippen LogP contribution in [-0.2, 0) is 0 Å². The topological polar surface area (TPSA) is 12.4 Å². The SMILES string of the molecule is CCC1=CN=CC(C)(C)C=C1. The first-order chi connectivity index (χ1) is 5.14. The Balaban J connectivity index is 2.83. The van der Waals surface area contributed by atoms with Crippen molar-refractivity contribution in [1.82, 2.24) is 0 Å². The average molecular weight is 149 g/mol. The monoisotopic (exact) mass is 149 g/mol. The molecule has 0 atom stereocenters. The molecule has 1 rings (SSSR count). The molecule has 0 N–H and O–H groups in total. The zero-order valence-corrected chi connectivity index (χ0v) is 7.46. The van der Waals surface area contributed by atoms with Crippen molar-refractivity contribution in [3.05, 3.63) is 23.9 Å². The van der Waals surface area contributed by atoms with E-state index in [-0.39, 0.29) is 5.41 Å². The standard InChI is InChI=1S/C10H15N/c1-4-9-5-6-10(2,3)8-11-7-9/h5-8H,4H2,1-3H3. The summed E-state index contributed by atoms with van der Waals surface area (Å²) in [6.45, 7) is 6.45. The summed E-state index contributed by atoms with van der Waals surface area (Å²) in [5.74, 6) is 0. The molecule has 1 nitrogen and oxygen atoms in total. The van der Waals surface area contributed by atoms with Gasteiger partial charge >= 0.3 is 0 Å². The van der Waals surface area contributed by atoms with Gasteiger partial charge in [-0.1, -0.05) is 32.9 Å². The van der Waals surface area contributed by atoms with E-state index in [2.05, 4.69) is 37.9 Å². The Morgan fingerprint density at radius 2 is 2.18 bits per heavy atom. The van der Waals surface area contributed by atoms with Crippen molar-refractivity contribution in [3.8, 4) is 0 Å². The van der Waals surface area contributed by atoms with Crippen LogP contribution in [0.2, 0.25) is 0 Å². The van der Waals surface area contributed by atoms with Gasteiger partial charge in [-0.15, -0.1) is 0 Å². The highest BCUT2D eigenvalue weighted by Crippen LogP contribution is 2.18. The van der Waals surface area contributed by atoms with E-state index in [0.717, 1.165) is 6.42 Å². The van der Waals surface area contributed by atoms with Crippen molar-refractivity contribution in [2.75, 3.05) is 0 Å². The minimum Gasteiger partial charge on any atom is -0.268 e. The Hall–Kier alpha value is -0.850. The molecule has 1 aliphatic heterocycles. The van der Waals surface area contributed by atoms with E-state index in [1.54, 1.807) is 0 Å². The summed E-state index contributed by atoms with van der Waals surface area (Å²) >= 11 is 0. The van der Waals surface area contributed by atoms with Gasteiger partial charge in [-0.2, -0.15) is 0 Å². The van der Waals surface area contributed by atoms with Gasteiger partial charge in [0.25, 0.3) is 0 Å². The van der Waals surface area contributed by atoms with Gasteiger partial charge in [0.15, 0.2) is 0 Å². The predicted molar refractivity (Wildman–Crippen MR) is 49.8 cm³/mol. The maximum atomic E-state index is 4.23. The third-order valence-corrected chi connectivity index (χ3v) is 1.78. The summed E-state index contributed by atoms with van der Waals surface area (Å²) in [6, 6.07) is 0. The Morgan fingerprint density at radius 1 is 1.45 bits per heavy atom. The van der Waals surface area contributed by atoms with Crippen LogP contribution in [0.1, 0.15) is 27.2 Å². The summed E-state index contributed by atoms with van der Waals surface area (Å²) in [7, 11) is 0. The molecule has 0 aromatic carbocycles. The fourth-order valence-corrected chi connectivity index (χ4v) is 0.942. The molecule has 1 heterocycles. The molecule has 1 heteroatoms. The highest BCUT2D eigenvalue weighted by Gasteiger charge is 2.10. The number of hydrogen-bond acceptors (Lipinski definition) is 1. The summed E-state index contributed by atoms with van der Waals surface area (Å²) in [5, 5.41) is 0. The Bertz CT molecular complexity index is 219. The molecule has 11 heavy (non-hydrogen) atoms. The van der Waals surface area contributed by atoms with Crippen LogP contribution in [0.15, 0.2) is 28.9 Å². The van der Waals surface area contributed by atoms with Gasteiger partial charge < -0.3 is 0 Å². The summed E-state index contributed by atoms with van der Waals surface area (Å²) in [5.41, 5.74) is 1.42. The van der Waals surface area contributed by atoms with Crippen LogP contribution in [0, 0.1) is 5.41 Å². The molecule has 60 valence electrons. The third-order valence-electron chi connectivity index (χ3n) is 1.78. The second kappa shape index (κ2) is 3.04. The molecule has 0 unspecified atom stereocenters. The van der Waals surface area contributed by atoms with Crippen LogP contribution >= 0.6 is 0 Å². The highest BCUT2D eigenvalue weighted by molar-refractivity contribution is 5.69. The van der Waals surface area contributed by atoms with Gasteiger partial charge in [0, 0.05) is 17.8 Å². The van der Waals surface area contributed by atoms with E-state index in [1.807, 2.05) is 12.4 Å². The lowest BCUT2D eigenvalue weighted by Crippen LogP contribution is -2.07. The average Bonchev–Trinajstić information content (AvgIpc) is 2.10. The normalized spacial score (nSPS) is 21.2. The first-order valence-corrected chi connectivity index (χ1v) is 4.07. The fraction of sp³-hybridized carbons (Fsp3) is 0.500. The van der Waals surface area contributed by atoms with Crippen molar-refractivity contribution >= 4 is 6.21 Å². The van der Waals surface area contributed by atoms with Gasteiger partial charge in [-0.05, 0) is 12.0 Å². The number of hydrogen-bond donors (Lipinski definition) is 0. The first kappa shape index (κ1) is 8.25. The van der Waals surface area contributed by atoms with Crippen molar-refractivity contribution in [2.45, 2.75) is 27.2 Å². The quantitative estimate of drug-likeness (QED) is 0.543. The van der Waals surface area contributed by atoms with Crippen molar-refractivity contribution < 1.29 is 0 Å². The molecule has 0 amide bonds. The summed E-state index contributed by atoms with van der Waals surface area (Å²) < 4.78 is 0. The molecule has 0 spiro atoms. The second-order valence-corrected chi connectivity index (χ2v) is 3.49. The summed E-state index contributed by atoms with van der Waals surface area (Å²) in [4.78, 5) is 4.23. The lowest BCUT2D eigenvalue weighted by molar-refractivity contribution is 0.695. The van der Waals surface area contributed by atoms with Crippen LogP contribution in [-0.4, -0.2) is 6.21 Å². The molecular weight excluding hydrogens is 134 g/mol. The Morgan fingerprint density at radius 3 is 2.82 bits per heavy atom. The van der Waals surface area contributed by atoms with E-state index in [9.17, 15) is 0 Å². The molecule has 0 aromatic heterocycles. The van der Waals surface area contributed by atoms with Crippen molar-refractivity contribution in [2.24, 2.45) is 10.4 Å². The molecule has 0 aliphatic carbocycles. The second-order valence-electron chi connectivity index (χ2n) is 3.49. The summed E-state index contributed by atoms with van der Waals surface area (Å²) in [6.07, 6.45) is 9.33.